The Hall–Kier alpha value is -1.16. The van der Waals surface area contributed by atoms with Gasteiger partial charge in [0.25, 0.3) is 0 Å². The van der Waals surface area contributed by atoms with Gasteiger partial charge in [-0.15, -0.1) is 0 Å². The first kappa shape index (κ1) is 11.3. The Morgan fingerprint density at radius 2 is 2.06 bits per heavy atom. The summed E-state index contributed by atoms with van der Waals surface area (Å²) in [6.07, 6.45) is 4.73. The van der Waals surface area contributed by atoms with Gasteiger partial charge in [-0.05, 0) is 25.0 Å². The van der Waals surface area contributed by atoms with E-state index in [2.05, 4.69) is 5.32 Å². The van der Waals surface area contributed by atoms with E-state index in [9.17, 15) is 4.39 Å². The lowest BCUT2D eigenvalue weighted by atomic mass is 10.1. The summed E-state index contributed by atoms with van der Waals surface area (Å²) in [5, 5.41) is 3.32. The molecule has 0 amide bonds. The Kier molecular flexibility index (Phi) is 3.39. The highest BCUT2D eigenvalue weighted by Gasteiger charge is 2.18. The van der Waals surface area contributed by atoms with E-state index in [1.807, 2.05) is 6.07 Å². The van der Waals surface area contributed by atoms with E-state index in [4.69, 9.17) is 18.0 Å². The van der Waals surface area contributed by atoms with Crippen LogP contribution in [0.4, 0.5) is 10.1 Å². The standard InChI is InChI=1S/C12H15FN2S/c13-9-6-3-7-10(11(9)12(14)16)15-8-4-1-2-5-8/h3,6-8,15H,1-2,4-5H2,(H2,14,16). The number of rotatable bonds is 3. The number of thiocarbonyl (C=S) groups is 1. The molecule has 1 saturated carbocycles. The molecule has 4 heteroatoms. The van der Waals surface area contributed by atoms with Crippen LogP contribution in [0.15, 0.2) is 18.2 Å². The van der Waals surface area contributed by atoms with Gasteiger partial charge in [-0.3, -0.25) is 0 Å². The molecular weight excluding hydrogens is 223 g/mol. The van der Waals surface area contributed by atoms with E-state index < -0.39 is 0 Å². The lowest BCUT2D eigenvalue weighted by molar-refractivity contribution is 0.625. The summed E-state index contributed by atoms with van der Waals surface area (Å²) < 4.78 is 13.6. The molecule has 1 aromatic carbocycles. The summed E-state index contributed by atoms with van der Waals surface area (Å²) in [6.45, 7) is 0. The minimum absolute atomic E-state index is 0.110. The summed E-state index contributed by atoms with van der Waals surface area (Å²) in [5.41, 5.74) is 6.60. The number of anilines is 1. The third kappa shape index (κ3) is 2.32. The van der Waals surface area contributed by atoms with Crippen molar-refractivity contribution in [3.8, 4) is 0 Å². The topological polar surface area (TPSA) is 38.0 Å². The fraction of sp³-hybridized carbons (Fsp3) is 0.417. The highest BCUT2D eigenvalue weighted by molar-refractivity contribution is 7.80. The molecule has 2 rings (SSSR count). The Morgan fingerprint density at radius 1 is 1.38 bits per heavy atom. The SMILES string of the molecule is NC(=S)c1c(F)cccc1NC1CCCC1. The lowest BCUT2D eigenvalue weighted by Crippen LogP contribution is -2.20. The van der Waals surface area contributed by atoms with Gasteiger partial charge < -0.3 is 11.1 Å². The predicted molar refractivity (Wildman–Crippen MR) is 68.2 cm³/mol. The van der Waals surface area contributed by atoms with Gasteiger partial charge in [0, 0.05) is 11.7 Å². The van der Waals surface area contributed by atoms with Crippen molar-refractivity contribution in [2.24, 2.45) is 5.73 Å². The van der Waals surface area contributed by atoms with E-state index >= 15 is 0 Å². The molecule has 1 aliphatic rings. The third-order valence-electron chi connectivity index (χ3n) is 2.97. The monoisotopic (exact) mass is 238 g/mol. The number of halogens is 1. The van der Waals surface area contributed by atoms with Crippen molar-refractivity contribution in [2.45, 2.75) is 31.7 Å². The van der Waals surface area contributed by atoms with E-state index in [-0.39, 0.29) is 10.8 Å². The number of hydrogen-bond donors (Lipinski definition) is 2. The van der Waals surface area contributed by atoms with Crippen molar-refractivity contribution < 1.29 is 4.39 Å². The Bertz CT molecular complexity index is 400. The molecule has 1 fully saturated rings. The van der Waals surface area contributed by atoms with Gasteiger partial charge in [0.05, 0.1) is 5.56 Å². The maximum absolute atomic E-state index is 13.6. The molecule has 0 aliphatic heterocycles. The number of benzene rings is 1. The predicted octanol–water partition coefficient (Wildman–Crippen LogP) is 2.81. The third-order valence-corrected chi connectivity index (χ3v) is 3.18. The molecule has 0 radical (unpaired) electrons. The van der Waals surface area contributed by atoms with Crippen LogP contribution in [0, 0.1) is 5.82 Å². The van der Waals surface area contributed by atoms with E-state index in [0.29, 0.717) is 11.6 Å². The van der Waals surface area contributed by atoms with Crippen molar-refractivity contribution >= 4 is 22.9 Å². The first-order chi connectivity index (χ1) is 7.68. The van der Waals surface area contributed by atoms with Crippen molar-refractivity contribution in [1.82, 2.24) is 0 Å². The molecule has 0 saturated heterocycles. The molecule has 0 bridgehead atoms. The summed E-state index contributed by atoms with van der Waals surface area (Å²) in [5.74, 6) is -0.351. The normalized spacial score (nSPS) is 16.3. The van der Waals surface area contributed by atoms with E-state index in [1.165, 1.54) is 18.9 Å². The highest BCUT2D eigenvalue weighted by Crippen LogP contribution is 2.25. The van der Waals surface area contributed by atoms with Crippen LogP contribution < -0.4 is 11.1 Å². The molecule has 1 aromatic rings. The second-order valence-corrected chi connectivity index (χ2v) is 4.59. The molecular formula is C12H15FN2S. The van der Waals surface area contributed by atoms with Crippen molar-refractivity contribution in [2.75, 3.05) is 5.32 Å². The van der Waals surface area contributed by atoms with Gasteiger partial charge in [0.1, 0.15) is 10.8 Å². The second-order valence-electron chi connectivity index (χ2n) is 4.15. The summed E-state index contributed by atoms with van der Waals surface area (Å²) in [7, 11) is 0. The molecule has 16 heavy (non-hydrogen) atoms. The van der Waals surface area contributed by atoms with Crippen molar-refractivity contribution in [3.63, 3.8) is 0 Å². The van der Waals surface area contributed by atoms with Crippen LogP contribution in [0.2, 0.25) is 0 Å². The van der Waals surface area contributed by atoms with Crippen LogP contribution in [0.3, 0.4) is 0 Å². The Labute approximate surface area is 100 Å². The van der Waals surface area contributed by atoms with E-state index in [0.717, 1.165) is 18.5 Å². The molecule has 1 aliphatic carbocycles. The first-order valence-electron chi connectivity index (χ1n) is 5.53. The van der Waals surface area contributed by atoms with Crippen LogP contribution in [-0.2, 0) is 0 Å². The Balaban J connectivity index is 2.25. The Morgan fingerprint density at radius 3 is 2.69 bits per heavy atom. The zero-order chi connectivity index (χ0) is 11.5. The van der Waals surface area contributed by atoms with Crippen LogP contribution >= 0.6 is 12.2 Å². The van der Waals surface area contributed by atoms with Crippen molar-refractivity contribution in [3.05, 3.63) is 29.6 Å². The zero-order valence-corrected chi connectivity index (χ0v) is 9.82. The number of nitrogens with two attached hydrogens (primary N) is 1. The number of hydrogen-bond acceptors (Lipinski definition) is 2. The molecule has 2 nitrogen and oxygen atoms in total. The van der Waals surface area contributed by atoms with Gasteiger partial charge in [-0.1, -0.05) is 31.1 Å². The van der Waals surface area contributed by atoms with Gasteiger partial charge >= 0.3 is 0 Å². The fourth-order valence-corrected chi connectivity index (χ4v) is 2.39. The lowest BCUT2D eigenvalue weighted by Gasteiger charge is -2.16. The van der Waals surface area contributed by atoms with Gasteiger partial charge in [0.15, 0.2) is 0 Å². The summed E-state index contributed by atoms with van der Waals surface area (Å²) in [6, 6.07) is 5.31. The number of nitrogens with one attached hydrogen (secondary N) is 1. The highest BCUT2D eigenvalue weighted by atomic mass is 32.1. The van der Waals surface area contributed by atoms with E-state index in [1.54, 1.807) is 6.07 Å². The zero-order valence-electron chi connectivity index (χ0n) is 9.00. The quantitative estimate of drug-likeness (QED) is 0.795. The minimum atomic E-state index is -0.351. The van der Waals surface area contributed by atoms with Gasteiger partial charge in [-0.25, -0.2) is 4.39 Å². The summed E-state index contributed by atoms with van der Waals surface area (Å²) >= 11 is 4.88. The average Bonchev–Trinajstić information content (AvgIpc) is 2.70. The molecule has 0 aromatic heterocycles. The smallest absolute Gasteiger partial charge is 0.135 e. The van der Waals surface area contributed by atoms with Crippen LogP contribution in [-0.4, -0.2) is 11.0 Å². The van der Waals surface area contributed by atoms with Gasteiger partial charge in [0.2, 0.25) is 0 Å². The molecule has 3 N–H and O–H groups in total. The summed E-state index contributed by atoms with van der Waals surface area (Å²) in [4.78, 5) is 0.110. The van der Waals surface area contributed by atoms with Crippen LogP contribution in [0.25, 0.3) is 0 Å². The van der Waals surface area contributed by atoms with Crippen molar-refractivity contribution in [1.29, 1.82) is 0 Å². The molecule has 86 valence electrons. The average molecular weight is 238 g/mol. The van der Waals surface area contributed by atoms with Crippen LogP contribution in [0.1, 0.15) is 31.2 Å². The minimum Gasteiger partial charge on any atom is -0.389 e. The second kappa shape index (κ2) is 4.78. The fourth-order valence-electron chi connectivity index (χ4n) is 2.18. The molecule has 0 unspecified atom stereocenters. The first-order valence-corrected chi connectivity index (χ1v) is 5.94. The van der Waals surface area contributed by atoms with Crippen LogP contribution in [0.5, 0.6) is 0 Å². The van der Waals surface area contributed by atoms with Gasteiger partial charge in [-0.2, -0.15) is 0 Å². The molecule has 0 atom stereocenters. The maximum atomic E-state index is 13.6. The largest absolute Gasteiger partial charge is 0.389 e. The molecule has 0 spiro atoms. The molecule has 0 heterocycles. The maximum Gasteiger partial charge on any atom is 0.135 e.